The summed E-state index contributed by atoms with van der Waals surface area (Å²) in [5.74, 6) is 5.58. The average molecular weight is 280 g/mol. The lowest BCUT2D eigenvalue weighted by Crippen LogP contribution is -2.29. The van der Waals surface area contributed by atoms with E-state index in [1.165, 1.54) is 6.26 Å². The van der Waals surface area contributed by atoms with Gasteiger partial charge in [-0.05, 0) is 24.1 Å². The molecule has 1 aromatic heterocycles. The first kappa shape index (κ1) is 13.9. The SMILES string of the molecule is CS(=O)(=O)CCC(NN)c1ccc2nccnc2c1. The number of aromatic nitrogens is 2. The quantitative estimate of drug-likeness (QED) is 0.614. The van der Waals surface area contributed by atoms with Gasteiger partial charge in [0, 0.05) is 24.7 Å². The lowest BCUT2D eigenvalue weighted by molar-refractivity contribution is 0.531. The molecule has 3 N–H and O–H groups in total. The van der Waals surface area contributed by atoms with Crippen molar-refractivity contribution in [3.05, 3.63) is 36.2 Å². The normalized spacial score (nSPS) is 13.6. The second-order valence-electron chi connectivity index (χ2n) is 4.44. The molecule has 7 heteroatoms. The first-order chi connectivity index (χ1) is 8.99. The number of fused-ring (bicyclic) bond motifs is 1. The highest BCUT2D eigenvalue weighted by Crippen LogP contribution is 2.20. The number of hydrazine groups is 1. The van der Waals surface area contributed by atoms with Crippen molar-refractivity contribution in [1.82, 2.24) is 15.4 Å². The molecule has 1 atom stereocenters. The van der Waals surface area contributed by atoms with Crippen LogP contribution in [-0.2, 0) is 9.84 Å². The van der Waals surface area contributed by atoms with E-state index < -0.39 is 9.84 Å². The third-order valence-corrected chi connectivity index (χ3v) is 3.85. The van der Waals surface area contributed by atoms with Gasteiger partial charge in [0.25, 0.3) is 0 Å². The van der Waals surface area contributed by atoms with Crippen LogP contribution in [0, 0.1) is 0 Å². The molecule has 0 saturated carbocycles. The van der Waals surface area contributed by atoms with Crippen molar-refractivity contribution in [2.24, 2.45) is 5.84 Å². The fourth-order valence-electron chi connectivity index (χ4n) is 1.88. The third-order valence-electron chi connectivity index (χ3n) is 2.87. The monoisotopic (exact) mass is 280 g/mol. The molecule has 1 heterocycles. The molecular weight excluding hydrogens is 264 g/mol. The summed E-state index contributed by atoms with van der Waals surface area (Å²) < 4.78 is 22.4. The minimum Gasteiger partial charge on any atom is -0.271 e. The van der Waals surface area contributed by atoms with E-state index in [2.05, 4.69) is 15.4 Å². The maximum absolute atomic E-state index is 11.2. The van der Waals surface area contributed by atoms with E-state index in [1.54, 1.807) is 12.4 Å². The van der Waals surface area contributed by atoms with E-state index in [9.17, 15) is 8.42 Å². The number of benzene rings is 1. The van der Waals surface area contributed by atoms with Crippen LogP contribution >= 0.6 is 0 Å². The molecule has 2 rings (SSSR count). The topological polar surface area (TPSA) is 98.0 Å². The van der Waals surface area contributed by atoms with Crippen LogP contribution in [0.15, 0.2) is 30.6 Å². The Morgan fingerprint density at radius 1 is 1.26 bits per heavy atom. The van der Waals surface area contributed by atoms with Crippen molar-refractivity contribution in [2.45, 2.75) is 12.5 Å². The Balaban J connectivity index is 2.25. The van der Waals surface area contributed by atoms with Crippen molar-refractivity contribution < 1.29 is 8.42 Å². The summed E-state index contributed by atoms with van der Waals surface area (Å²) in [5.41, 5.74) is 5.10. The van der Waals surface area contributed by atoms with Gasteiger partial charge in [0.05, 0.1) is 16.8 Å². The number of nitrogens with one attached hydrogen (secondary N) is 1. The van der Waals surface area contributed by atoms with Crippen molar-refractivity contribution in [3.63, 3.8) is 0 Å². The van der Waals surface area contributed by atoms with Gasteiger partial charge in [0.1, 0.15) is 9.84 Å². The largest absolute Gasteiger partial charge is 0.271 e. The summed E-state index contributed by atoms with van der Waals surface area (Å²) in [6.07, 6.45) is 4.88. The highest BCUT2D eigenvalue weighted by molar-refractivity contribution is 7.90. The molecule has 0 aliphatic heterocycles. The summed E-state index contributed by atoms with van der Waals surface area (Å²) in [7, 11) is -3.00. The van der Waals surface area contributed by atoms with E-state index in [1.807, 2.05) is 18.2 Å². The number of nitrogens with zero attached hydrogens (tertiary/aromatic N) is 2. The standard InChI is InChI=1S/C12H16N4O2S/c1-19(17,18)7-4-10(16-13)9-2-3-11-12(8-9)15-6-5-14-11/h2-3,5-6,8,10,16H,4,7,13H2,1H3. The van der Waals surface area contributed by atoms with Gasteiger partial charge in [-0.15, -0.1) is 0 Å². The first-order valence-electron chi connectivity index (χ1n) is 5.84. The second-order valence-corrected chi connectivity index (χ2v) is 6.70. The number of nitrogens with two attached hydrogens (primary N) is 1. The second kappa shape index (κ2) is 5.60. The first-order valence-corrected chi connectivity index (χ1v) is 7.90. The Morgan fingerprint density at radius 3 is 2.58 bits per heavy atom. The Kier molecular flexibility index (Phi) is 4.08. The summed E-state index contributed by atoms with van der Waals surface area (Å²) in [5, 5.41) is 0. The Bertz CT molecular complexity index is 672. The minimum atomic E-state index is -3.00. The molecule has 6 nitrogen and oxygen atoms in total. The third kappa shape index (κ3) is 3.69. The number of hydrogen-bond acceptors (Lipinski definition) is 6. The van der Waals surface area contributed by atoms with Crippen molar-refractivity contribution in [2.75, 3.05) is 12.0 Å². The summed E-state index contributed by atoms with van der Waals surface area (Å²) in [6, 6.07) is 5.38. The molecule has 2 aromatic rings. The van der Waals surface area contributed by atoms with Gasteiger partial charge in [-0.25, -0.2) is 8.42 Å². The molecule has 0 amide bonds. The van der Waals surface area contributed by atoms with Gasteiger partial charge in [-0.3, -0.25) is 21.2 Å². The van der Waals surface area contributed by atoms with Crippen LogP contribution < -0.4 is 11.3 Å². The van der Waals surface area contributed by atoms with Crippen molar-refractivity contribution >= 4 is 20.9 Å². The fraction of sp³-hybridized carbons (Fsp3) is 0.333. The lowest BCUT2D eigenvalue weighted by Gasteiger charge is -2.16. The number of rotatable bonds is 5. The number of hydrogen-bond donors (Lipinski definition) is 2. The Hall–Kier alpha value is -1.57. The fourth-order valence-corrected chi connectivity index (χ4v) is 2.54. The van der Waals surface area contributed by atoms with Crippen LogP contribution in [0.1, 0.15) is 18.0 Å². The summed E-state index contributed by atoms with van der Waals surface area (Å²) in [4.78, 5) is 8.40. The predicted molar refractivity (Wildman–Crippen MR) is 73.9 cm³/mol. The zero-order valence-electron chi connectivity index (χ0n) is 10.6. The minimum absolute atomic E-state index is 0.0837. The molecule has 0 aliphatic rings. The molecule has 19 heavy (non-hydrogen) atoms. The van der Waals surface area contributed by atoms with Crippen LogP contribution in [0.2, 0.25) is 0 Å². The molecule has 0 fully saturated rings. The molecule has 0 bridgehead atoms. The lowest BCUT2D eigenvalue weighted by atomic mass is 10.0. The molecule has 1 unspecified atom stereocenters. The molecule has 0 saturated heterocycles. The molecule has 1 aromatic carbocycles. The molecular formula is C12H16N4O2S. The van der Waals surface area contributed by atoms with Crippen molar-refractivity contribution in [1.29, 1.82) is 0 Å². The van der Waals surface area contributed by atoms with Gasteiger partial charge in [0.2, 0.25) is 0 Å². The van der Waals surface area contributed by atoms with Crippen LogP contribution in [0.3, 0.4) is 0 Å². The van der Waals surface area contributed by atoms with E-state index in [0.29, 0.717) is 6.42 Å². The molecule has 0 radical (unpaired) electrons. The van der Waals surface area contributed by atoms with E-state index >= 15 is 0 Å². The molecule has 0 aliphatic carbocycles. The van der Waals surface area contributed by atoms with Gasteiger partial charge < -0.3 is 0 Å². The Labute approximate surface area is 111 Å². The molecule has 0 spiro atoms. The molecule has 102 valence electrons. The highest BCUT2D eigenvalue weighted by Gasteiger charge is 2.13. The van der Waals surface area contributed by atoms with Gasteiger partial charge >= 0.3 is 0 Å². The van der Waals surface area contributed by atoms with Gasteiger partial charge in [-0.2, -0.15) is 0 Å². The average Bonchev–Trinajstić information content (AvgIpc) is 2.38. The van der Waals surface area contributed by atoms with Crippen LogP contribution in [-0.4, -0.2) is 30.4 Å². The Morgan fingerprint density at radius 2 is 1.95 bits per heavy atom. The predicted octanol–water partition coefficient (Wildman–Crippen LogP) is 0.569. The summed E-state index contributed by atoms with van der Waals surface area (Å²) >= 11 is 0. The zero-order valence-corrected chi connectivity index (χ0v) is 11.4. The summed E-state index contributed by atoms with van der Waals surface area (Å²) in [6.45, 7) is 0. The van der Waals surface area contributed by atoms with E-state index in [4.69, 9.17) is 5.84 Å². The van der Waals surface area contributed by atoms with Crippen molar-refractivity contribution in [3.8, 4) is 0 Å². The smallest absolute Gasteiger partial charge is 0.147 e. The van der Waals surface area contributed by atoms with Gasteiger partial charge in [-0.1, -0.05) is 6.07 Å². The maximum atomic E-state index is 11.2. The van der Waals surface area contributed by atoms with Crippen LogP contribution in [0.25, 0.3) is 11.0 Å². The van der Waals surface area contributed by atoms with E-state index in [-0.39, 0.29) is 11.8 Å². The zero-order chi connectivity index (χ0) is 13.9. The van der Waals surface area contributed by atoms with Gasteiger partial charge in [0.15, 0.2) is 0 Å². The van der Waals surface area contributed by atoms with Crippen LogP contribution in [0.4, 0.5) is 0 Å². The van der Waals surface area contributed by atoms with E-state index in [0.717, 1.165) is 16.6 Å². The number of sulfone groups is 1. The maximum Gasteiger partial charge on any atom is 0.147 e. The van der Waals surface area contributed by atoms with Crippen LogP contribution in [0.5, 0.6) is 0 Å². The highest BCUT2D eigenvalue weighted by atomic mass is 32.2.